The van der Waals surface area contributed by atoms with E-state index in [1.54, 1.807) is 19.2 Å². The Morgan fingerprint density at radius 1 is 1.27 bits per heavy atom. The molecule has 6 heteroatoms. The van der Waals surface area contributed by atoms with Gasteiger partial charge >= 0.3 is 0 Å². The number of methoxy groups -OCH3 is 1. The van der Waals surface area contributed by atoms with Crippen molar-refractivity contribution in [2.75, 3.05) is 39.2 Å². The van der Waals surface area contributed by atoms with Gasteiger partial charge in [-0.15, -0.1) is 0 Å². The van der Waals surface area contributed by atoms with Gasteiger partial charge in [-0.3, -0.25) is 4.79 Å². The lowest BCUT2D eigenvalue weighted by molar-refractivity contribution is -0.134. The van der Waals surface area contributed by atoms with Crippen molar-refractivity contribution >= 4 is 11.7 Å². The van der Waals surface area contributed by atoms with Crippen LogP contribution < -0.4 is 14.8 Å². The second-order valence-electron chi connectivity index (χ2n) is 6.37. The van der Waals surface area contributed by atoms with Gasteiger partial charge in [0.1, 0.15) is 17.3 Å². The highest BCUT2D eigenvalue weighted by Gasteiger charge is 2.25. The molecule has 2 heterocycles. The van der Waals surface area contributed by atoms with E-state index < -0.39 is 0 Å². The molecule has 1 saturated heterocycles. The zero-order valence-electron chi connectivity index (χ0n) is 15.3. The molecular formula is C20H25N3O3. The molecule has 1 fully saturated rings. The maximum atomic E-state index is 12.5. The van der Waals surface area contributed by atoms with Crippen molar-refractivity contribution in [3.05, 3.63) is 48.2 Å². The molecule has 138 valence electrons. The number of amides is 1. The lowest BCUT2D eigenvalue weighted by Crippen LogP contribution is -2.41. The molecule has 1 aromatic heterocycles. The molecule has 1 atom stereocenters. The Hall–Kier alpha value is -2.76. The number of nitrogens with zero attached hydrogens (tertiary/aromatic N) is 2. The van der Waals surface area contributed by atoms with Gasteiger partial charge in [-0.2, -0.15) is 0 Å². The summed E-state index contributed by atoms with van der Waals surface area (Å²) in [5, 5.41) is 3.07. The minimum Gasteiger partial charge on any atom is -0.497 e. The van der Waals surface area contributed by atoms with Gasteiger partial charge < -0.3 is 19.7 Å². The molecule has 0 bridgehead atoms. The highest BCUT2D eigenvalue weighted by atomic mass is 16.5. The lowest BCUT2D eigenvalue weighted by atomic mass is 9.91. The van der Waals surface area contributed by atoms with Gasteiger partial charge in [-0.05, 0) is 54.8 Å². The molecule has 2 aromatic rings. The number of ether oxygens (including phenoxy) is 2. The van der Waals surface area contributed by atoms with Crippen molar-refractivity contribution in [1.82, 2.24) is 9.88 Å². The SMILES string of the molecule is CNc1cc([C@@H]2CCCN(C(=O)COc3ccc(OC)cc3)C2)ccn1. The van der Waals surface area contributed by atoms with Gasteiger partial charge in [-0.1, -0.05) is 0 Å². The molecule has 0 spiro atoms. The predicted molar refractivity (Wildman–Crippen MR) is 101 cm³/mol. The van der Waals surface area contributed by atoms with Crippen LogP contribution in [0.1, 0.15) is 24.3 Å². The molecule has 1 aromatic carbocycles. The van der Waals surface area contributed by atoms with Gasteiger partial charge in [0, 0.05) is 32.3 Å². The Bertz CT molecular complexity index is 733. The van der Waals surface area contributed by atoms with E-state index in [9.17, 15) is 4.79 Å². The number of pyridine rings is 1. The van der Waals surface area contributed by atoms with Crippen LogP contribution in [0.3, 0.4) is 0 Å². The quantitative estimate of drug-likeness (QED) is 0.863. The second-order valence-corrected chi connectivity index (χ2v) is 6.37. The molecule has 6 nitrogen and oxygen atoms in total. The Kier molecular flexibility index (Phi) is 5.94. The maximum Gasteiger partial charge on any atom is 0.260 e. The van der Waals surface area contributed by atoms with E-state index in [0.717, 1.165) is 37.5 Å². The highest BCUT2D eigenvalue weighted by molar-refractivity contribution is 5.78. The van der Waals surface area contributed by atoms with Crippen LogP contribution in [0.15, 0.2) is 42.6 Å². The first-order valence-corrected chi connectivity index (χ1v) is 8.88. The van der Waals surface area contributed by atoms with Crippen LogP contribution in [-0.2, 0) is 4.79 Å². The number of hydrogen-bond acceptors (Lipinski definition) is 5. The summed E-state index contributed by atoms with van der Waals surface area (Å²) in [5.74, 6) is 2.65. The van der Waals surface area contributed by atoms with E-state index >= 15 is 0 Å². The first-order valence-electron chi connectivity index (χ1n) is 8.88. The van der Waals surface area contributed by atoms with E-state index in [0.29, 0.717) is 11.7 Å². The highest BCUT2D eigenvalue weighted by Crippen LogP contribution is 2.28. The zero-order valence-corrected chi connectivity index (χ0v) is 15.3. The van der Waals surface area contributed by atoms with Gasteiger partial charge in [0.05, 0.1) is 7.11 Å². The van der Waals surface area contributed by atoms with Crippen LogP contribution in [0.5, 0.6) is 11.5 Å². The molecule has 0 radical (unpaired) electrons. The molecule has 1 N–H and O–H groups in total. The second kappa shape index (κ2) is 8.56. The molecular weight excluding hydrogens is 330 g/mol. The summed E-state index contributed by atoms with van der Waals surface area (Å²) < 4.78 is 10.8. The number of carbonyl (C=O) groups is 1. The topological polar surface area (TPSA) is 63.7 Å². The largest absolute Gasteiger partial charge is 0.497 e. The predicted octanol–water partition coefficient (Wildman–Crippen LogP) is 2.92. The Labute approximate surface area is 154 Å². The van der Waals surface area contributed by atoms with Crippen LogP contribution in [0.4, 0.5) is 5.82 Å². The summed E-state index contributed by atoms with van der Waals surface area (Å²) >= 11 is 0. The summed E-state index contributed by atoms with van der Waals surface area (Å²) in [5.41, 5.74) is 1.22. The summed E-state index contributed by atoms with van der Waals surface area (Å²) in [6.45, 7) is 1.56. The standard InChI is InChI=1S/C20H25N3O3/c1-21-19-12-15(9-10-22-19)16-4-3-11-23(13-16)20(24)14-26-18-7-5-17(25-2)6-8-18/h5-10,12,16H,3-4,11,13-14H2,1-2H3,(H,21,22)/t16-/m1/s1. The van der Waals surface area contributed by atoms with Crippen LogP contribution >= 0.6 is 0 Å². The third-order valence-corrected chi connectivity index (χ3v) is 4.71. The fourth-order valence-electron chi connectivity index (χ4n) is 3.22. The van der Waals surface area contributed by atoms with Gasteiger partial charge in [-0.25, -0.2) is 4.98 Å². The fourth-order valence-corrected chi connectivity index (χ4v) is 3.22. The van der Waals surface area contributed by atoms with Crippen molar-refractivity contribution in [1.29, 1.82) is 0 Å². The van der Waals surface area contributed by atoms with E-state index in [2.05, 4.69) is 16.4 Å². The molecule has 1 aliphatic rings. The van der Waals surface area contributed by atoms with Crippen molar-refractivity contribution in [2.24, 2.45) is 0 Å². The van der Waals surface area contributed by atoms with E-state index in [1.807, 2.05) is 36.3 Å². The number of piperidine rings is 1. The molecule has 26 heavy (non-hydrogen) atoms. The molecule has 3 rings (SSSR count). The summed E-state index contributed by atoms with van der Waals surface area (Å²) in [7, 11) is 3.48. The number of benzene rings is 1. The Morgan fingerprint density at radius 2 is 2.04 bits per heavy atom. The van der Waals surface area contributed by atoms with Crippen LogP contribution in [0.2, 0.25) is 0 Å². The Balaban J connectivity index is 1.56. The number of carbonyl (C=O) groups excluding carboxylic acids is 1. The van der Waals surface area contributed by atoms with Crippen LogP contribution in [-0.4, -0.2) is 49.6 Å². The normalized spacial score (nSPS) is 16.8. The summed E-state index contributed by atoms with van der Waals surface area (Å²) in [4.78, 5) is 18.7. The van der Waals surface area contributed by atoms with E-state index in [4.69, 9.17) is 9.47 Å². The zero-order chi connectivity index (χ0) is 18.4. The molecule has 0 saturated carbocycles. The number of aromatic nitrogens is 1. The fraction of sp³-hybridized carbons (Fsp3) is 0.400. The number of rotatable bonds is 6. The molecule has 0 unspecified atom stereocenters. The van der Waals surface area contributed by atoms with E-state index in [1.165, 1.54) is 5.56 Å². The van der Waals surface area contributed by atoms with E-state index in [-0.39, 0.29) is 12.5 Å². The van der Waals surface area contributed by atoms with Crippen molar-refractivity contribution in [2.45, 2.75) is 18.8 Å². The van der Waals surface area contributed by atoms with Crippen molar-refractivity contribution < 1.29 is 14.3 Å². The van der Waals surface area contributed by atoms with Gasteiger partial charge in [0.15, 0.2) is 6.61 Å². The average Bonchev–Trinajstić information content (AvgIpc) is 2.72. The van der Waals surface area contributed by atoms with Crippen molar-refractivity contribution in [3.63, 3.8) is 0 Å². The van der Waals surface area contributed by atoms with Crippen LogP contribution in [0, 0.1) is 0 Å². The third-order valence-electron chi connectivity index (χ3n) is 4.71. The maximum absolute atomic E-state index is 12.5. The minimum atomic E-state index is 0.0217. The monoisotopic (exact) mass is 355 g/mol. The number of anilines is 1. The number of nitrogens with one attached hydrogen (secondary N) is 1. The first kappa shape index (κ1) is 18.0. The molecule has 1 amide bonds. The molecule has 0 aliphatic carbocycles. The summed E-state index contributed by atoms with van der Waals surface area (Å²) in [6.07, 6.45) is 3.89. The summed E-state index contributed by atoms with van der Waals surface area (Å²) in [6, 6.07) is 11.3. The first-order chi connectivity index (χ1) is 12.7. The van der Waals surface area contributed by atoms with Gasteiger partial charge in [0.2, 0.25) is 0 Å². The third kappa shape index (κ3) is 4.45. The smallest absolute Gasteiger partial charge is 0.260 e. The Morgan fingerprint density at radius 3 is 2.77 bits per heavy atom. The van der Waals surface area contributed by atoms with Gasteiger partial charge in [0.25, 0.3) is 5.91 Å². The number of likely N-dealkylation sites (tertiary alicyclic amines) is 1. The average molecular weight is 355 g/mol. The molecule has 1 aliphatic heterocycles. The minimum absolute atomic E-state index is 0.0217. The number of hydrogen-bond donors (Lipinski definition) is 1. The van der Waals surface area contributed by atoms with Crippen molar-refractivity contribution in [3.8, 4) is 11.5 Å². The van der Waals surface area contributed by atoms with Crippen LogP contribution in [0.25, 0.3) is 0 Å². The lowest BCUT2D eigenvalue weighted by Gasteiger charge is -2.33.